The van der Waals surface area contributed by atoms with Crippen LogP contribution in [-0.2, 0) is 16.1 Å². The summed E-state index contributed by atoms with van der Waals surface area (Å²) in [5.74, 6) is 1.14. The standard InChI is InChI=1S/C21H21N5O4/c1-13-18(20(27)30-12-14-7-5-4-6-8-14)19(26-21(22-13)23-24-25-26)16-11-15(28-2)9-10-17(16)29-3/h4-11,19H,12H2,1-3H3,(H,22,23,25)/t19-/m0/s1. The van der Waals surface area contributed by atoms with Crippen molar-refractivity contribution in [2.24, 2.45) is 0 Å². The van der Waals surface area contributed by atoms with Gasteiger partial charge in [-0.25, -0.2) is 4.79 Å². The zero-order chi connectivity index (χ0) is 21.1. The number of fused-ring (bicyclic) bond motifs is 1. The van der Waals surface area contributed by atoms with E-state index >= 15 is 0 Å². The van der Waals surface area contributed by atoms with Crippen molar-refractivity contribution in [2.45, 2.75) is 19.6 Å². The highest BCUT2D eigenvalue weighted by molar-refractivity contribution is 5.92. The van der Waals surface area contributed by atoms with E-state index in [2.05, 4.69) is 20.8 Å². The summed E-state index contributed by atoms with van der Waals surface area (Å²) in [6.45, 7) is 1.94. The number of methoxy groups -OCH3 is 2. The smallest absolute Gasteiger partial charge is 0.338 e. The number of esters is 1. The van der Waals surface area contributed by atoms with Crippen LogP contribution in [0.5, 0.6) is 11.5 Å². The van der Waals surface area contributed by atoms with Crippen molar-refractivity contribution in [1.29, 1.82) is 0 Å². The molecule has 0 radical (unpaired) electrons. The molecule has 9 nitrogen and oxygen atoms in total. The number of nitrogens with zero attached hydrogens (tertiary/aromatic N) is 4. The first-order valence-corrected chi connectivity index (χ1v) is 9.31. The molecule has 0 bridgehead atoms. The van der Waals surface area contributed by atoms with Crippen molar-refractivity contribution in [3.05, 3.63) is 70.9 Å². The van der Waals surface area contributed by atoms with Gasteiger partial charge in [0.1, 0.15) is 24.1 Å². The van der Waals surface area contributed by atoms with E-state index in [1.807, 2.05) is 30.3 Å². The molecule has 154 valence electrons. The lowest BCUT2D eigenvalue weighted by Gasteiger charge is -2.28. The molecule has 0 unspecified atom stereocenters. The first kappa shape index (κ1) is 19.4. The highest BCUT2D eigenvalue weighted by Gasteiger charge is 2.36. The van der Waals surface area contributed by atoms with Gasteiger partial charge in [-0.2, -0.15) is 4.68 Å². The zero-order valence-corrected chi connectivity index (χ0v) is 16.8. The van der Waals surface area contributed by atoms with Gasteiger partial charge < -0.3 is 19.5 Å². The second-order valence-electron chi connectivity index (χ2n) is 6.68. The van der Waals surface area contributed by atoms with E-state index < -0.39 is 12.0 Å². The van der Waals surface area contributed by atoms with E-state index in [1.54, 1.807) is 39.3 Å². The molecule has 1 atom stereocenters. The summed E-state index contributed by atoms with van der Waals surface area (Å²) in [6, 6.07) is 14.2. The Balaban J connectivity index is 1.75. The number of tetrazole rings is 1. The molecule has 9 heteroatoms. The minimum absolute atomic E-state index is 0.154. The third-order valence-corrected chi connectivity index (χ3v) is 4.88. The van der Waals surface area contributed by atoms with Crippen LogP contribution in [0.3, 0.4) is 0 Å². The number of aromatic nitrogens is 4. The summed E-state index contributed by atoms with van der Waals surface area (Å²) in [5.41, 5.74) is 2.56. The Kier molecular flexibility index (Phi) is 5.34. The average molecular weight is 407 g/mol. The maximum Gasteiger partial charge on any atom is 0.338 e. The van der Waals surface area contributed by atoms with E-state index in [-0.39, 0.29) is 6.61 Å². The number of nitrogens with one attached hydrogen (secondary N) is 1. The third kappa shape index (κ3) is 3.57. The molecule has 2 heterocycles. The number of allylic oxidation sites excluding steroid dienone is 1. The lowest BCUT2D eigenvalue weighted by atomic mass is 9.94. The van der Waals surface area contributed by atoms with Crippen LogP contribution < -0.4 is 14.8 Å². The minimum Gasteiger partial charge on any atom is -0.497 e. The number of carbonyl (C=O) groups is 1. The van der Waals surface area contributed by atoms with Crippen LogP contribution in [0.1, 0.15) is 24.1 Å². The summed E-state index contributed by atoms with van der Waals surface area (Å²) >= 11 is 0. The van der Waals surface area contributed by atoms with Crippen molar-refractivity contribution >= 4 is 11.9 Å². The Bertz CT molecular complexity index is 1090. The Morgan fingerprint density at radius 3 is 2.67 bits per heavy atom. The summed E-state index contributed by atoms with van der Waals surface area (Å²) < 4.78 is 18.1. The molecular weight excluding hydrogens is 386 g/mol. The Morgan fingerprint density at radius 2 is 1.93 bits per heavy atom. The lowest BCUT2D eigenvalue weighted by molar-refractivity contribution is -0.140. The number of anilines is 1. The van der Waals surface area contributed by atoms with Crippen LogP contribution in [0.2, 0.25) is 0 Å². The number of hydrogen-bond acceptors (Lipinski definition) is 8. The summed E-state index contributed by atoms with van der Waals surface area (Å²) in [6.07, 6.45) is 0. The molecule has 0 fully saturated rings. The second kappa shape index (κ2) is 8.24. The predicted octanol–water partition coefficient (Wildman–Crippen LogP) is 2.72. The zero-order valence-electron chi connectivity index (χ0n) is 16.8. The topological polar surface area (TPSA) is 100 Å². The molecule has 0 aliphatic carbocycles. The molecule has 2 aromatic carbocycles. The monoisotopic (exact) mass is 407 g/mol. The van der Waals surface area contributed by atoms with Crippen molar-refractivity contribution < 1.29 is 19.0 Å². The van der Waals surface area contributed by atoms with Crippen LogP contribution in [0, 0.1) is 0 Å². The van der Waals surface area contributed by atoms with Crippen LogP contribution in [0.15, 0.2) is 59.8 Å². The van der Waals surface area contributed by atoms with Crippen molar-refractivity contribution in [3.8, 4) is 11.5 Å². The van der Waals surface area contributed by atoms with Gasteiger partial charge in [-0.3, -0.25) is 0 Å². The fraction of sp³-hybridized carbons (Fsp3) is 0.238. The molecule has 4 rings (SSSR count). The molecule has 0 spiro atoms. The minimum atomic E-state index is -0.649. The van der Waals surface area contributed by atoms with Gasteiger partial charge in [-0.05, 0) is 41.1 Å². The van der Waals surface area contributed by atoms with Crippen LogP contribution >= 0.6 is 0 Å². The molecule has 1 aromatic heterocycles. The summed E-state index contributed by atoms with van der Waals surface area (Å²) in [4.78, 5) is 13.2. The van der Waals surface area contributed by atoms with E-state index in [1.165, 1.54) is 4.68 Å². The SMILES string of the molecule is COc1ccc(OC)c([C@H]2C(C(=O)OCc3ccccc3)=C(C)Nc3nnnn32)c1. The maximum absolute atomic E-state index is 13.2. The molecule has 1 aliphatic rings. The quantitative estimate of drug-likeness (QED) is 0.623. The molecular formula is C21H21N5O4. The maximum atomic E-state index is 13.2. The Hall–Kier alpha value is -3.88. The highest BCUT2D eigenvalue weighted by atomic mass is 16.5. The highest BCUT2D eigenvalue weighted by Crippen LogP contribution is 2.40. The molecule has 0 amide bonds. The van der Waals surface area contributed by atoms with Gasteiger partial charge in [0.25, 0.3) is 0 Å². The number of rotatable bonds is 6. The van der Waals surface area contributed by atoms with Crippen LogP contribution in [0.4, 0.5) is 5.95 Å². The van der Waals surface area contributed by atoms with Gasteiger partial charge in [-0.1, -0.05) is 35.4 Å². The number of benzene rings is 2. The summed E-state index contributed by atoms with van der Waals surface area (Å²) in [7, 11) is 3.14. The first-order valence-electron chi connectivity index (χ1n) is 9.31. The van der Waals surface area contributed by atoms with Crippen molar-refractivity contribution in [2.75, 3.05) is 19.5 Å². The van der Waals surface area contributed by atoms with E-state index in [0.717, 1.165) is 5.56 Å². The molecule has 30 heavy (non-hydrogen) atoms. The molecule has 1 aliphatic heterocycles. The van der Waals surface area contributed by atoms with E-state index in [4.69, 9.17) is 14.2 Å². The lowest BCUT2D eigenvalue weighted by Crippen LogP contribution is -2.30. The van der Waals surface area contributed by atoms with Crippen LogP contribution in [0.25, 0.3) is 0 Å². The average Bonchev–Trinajstić information content (AvgIpc) is 3.24. The number of carbonyl (C=O) groups excluding carboxylic acids is 1. The van der Waals surface area contributed by atoms with Crippen LogP contribution in [-0.4, -0.2) is 40.4 Å². The van der Waals surface area contributed by atoms with Gasteiger partial charge in [-0.15, -0.1) is 0 Å². The predicted molar refractivity (Wildman–Crippen MR) is 108 cm³/mol. The van der Waals surface area contributed by atoms with Gasteiger partial charge in [0.05, 0.1) is 19.8 Å². The normalized spacial score (nSPS) is 15.2. The third-order valence-electron chi connectivity index (χ3n) is 4.88. The Morgan fingerprint density at radius 1 is 1.13 bits per heavy atom. The first-order chi connectivity index (χ1) is 14.6. The number of ether oxygens (including phenoxy) is 3. The summed E-state index contributed by atoms with van der Waals surface area (Å²) in [5, 5.41) is 14.9. The molecule has 1 N–H and O–H groups in total. The number of hydrogen-bond donors (Lipinski definition) is 1. The fourth-order valence-electron chi connectivity index (χ4n) is 3.42. The van der Waals surface area contributed by atoms with Gasteiger partial charge in [0, 0.05) is 11.3 Å². The van der Waals surface area contributed by atoms with Gasteiger partial charge in [0.15, 0.2) is 0 Å². The van der Waals surface area contributed by atoms with Crippen molar-refractivity contribution in [1.82, 2.24) is 20.2 Å². The van der Waals surface area contributed by atoms with E-state index in [9.17, 15) is 4.79 Å². The largest absolute Gasteiger partial charge is 0.497 e. The molecule has 3 aromatic rings. The molecule has 0 saturated carbocycles. The van der Waals surface area contributed by atoms with Gasteiger partial charge >= 0.3 is 5.97 Å². The second-order valence-corrected chi connectivity index (χ2v) is 6.68. The van der Waals surface area contributed by atoms with Gasteiger partial charge in [0.2, 0.25) is 5.95 Å². The molecule has 0 saturated heterocycles. The Labute approximate surface area is 173 Å². The fourth-order valence-corrected chi connectivity index (χ4v) is 3.42. The van der Waals surface area contributed by atoms with Crippen molar-refractivity contribution in [3.63, 3.8) is 0 Å². The van der Waals surface area contributed by atoms with E-state index in [0.29, 0.717) is 34.3 Å².